The van der Waals surface area contributed by atoms with E-state index in [0.717, 1.165) is 27.9 Å². The van der Waals surface area contributed by atoms with Crippen LogP contribution in [0.1, 0.15) is 26.3 Å². The van der Waals surface area contributed by atoms with E-state index in [2.05, 4.69) is 36.1 Å². The van der Waals surface area contributed by atoms with Crippen molar-refractivity contribution in [2.24, 2.45) is 0 Å². The SMILES string of the molecule is COc1ccc(Sc2ncc(CNC(C)(C)C)cn2)cc1. The Morgan fingerprint density at radius 2 is 1.71 bits per heavy atom. The topological polar surface area (TPSA) is 47.0 Å². The third-order valence-corrected chi connectivity index (χ3v) is 3.67. The van der Waals surface area contributed by atoms with Gasteiger partial charge in [-0.15, -0.1) is 0 Å². The van der Waals surface area contributed by atoms with Gasteiger partial charge in [-0.2, -0.15) is 0 Å². The maximum atomic E-state index is 5.14. The van der Waals surface area contributed by atoms with Crippen molar-refractivity contribution in [1.29, 1.82) is 0 Å². The zero-order chi connectivity index (χ0) is 15.3. The van der Waals surface area contributed by atoms with Gasteiger partial charge in [-0.1, -0.05) is 0 Å². The lowest BCUT2D eigenvalue weighted by Gasteiger charge is -2.20. The predicted molar refractivity (Wildman–Crippen MR) is 85.7 cm³/mol. The summed E-state index contributed by atoms with van der Waals surface area (Å²) >= 11 is 1.54. The molecular formula is C16H21N3OS. The number of nitrogens with zero attached hydrogens (tertiary/aromatic N) is 2. The van der Waals surface area contributed by atoms with Crippen molar-refractivity contribution in [1.82, 2.24) is 15.3 Å². The third kappa shape index (κ3) is 5.36. The molecule has 0 aliphatic rings. The van der Waals surface area contributed by atoms with Gasteiger partial charge >= 0.3 is 0 Å². The van der Waals surface area contributed by atoms with Crippen LogP contribution >= 0.6 is 11.8 Å². The number of ether oxygens (including phenoxy) is 1. The van der Waals surface area contributed by atoms with Gasteiger partial charge in [-0.05, 0) is 56.8 Å². The Morgan fingerprint density at radius 1 is 1.10 bits per heavy atom. The molecule has 21 heavy (non-hydrogen) atoms. The average molecular weight is 303 g/mol. The van der Waals surface area contributed by atoms with Gasteiger partial charge in [0.05, 0.1) is 7.11 Å². The molecule has 4 nitrogen and oxygen atoms in total. The second kappa shape index (κ2) is 6.91. The first kappa shape index (κ1) is 15.8. The summed E-state index contributed by atoms with van der Waals surface area (Å²) in [4.78, 5) is 9.89. The minimum atomic E-state index is 0.0938. The summed E-state index contributed by atoms with van der Waals surface area (Å²) in [6, 6.07) is 7.87. The van der Waals surface area contributed by atoms with Crippen molar-refractivity contribution in [2.75, 3.05) is 7.11 Å². The maximum absolute atomic E-state index is 5.14. The molecule has 0 aliphatic heterocycles. The van der Waals surface area contributed by atoms with Gasteiger partial charge in [-0.25, -0.2) is 9.97 Å². The highest BCUT2D eigenvalue weighted by atomic mass is 32.2. The number of rotatable bonds is 5. The molecule has 0 aliphatic carbocycles. The molecule has 0 bridgehead atoms. The van der Waals surface area contributed by atoms with E-state index < -0.39 is 0 Å². The monoisotopic (exact) mass is 303 g/mol. The van der Waals surface area contributed by atoms with Crippen LogP contribution in [0, 0.1) is 0 Å². The second-order valence-corrected chi connectivity index (χ2v) is 6.80. The molecule has 0 spiro atoms. The van der Waals surface area contributed by atoms with Crippen LogP contribution in [0.5, 0.6) is 5.75 Å². The van der Waals surface area contributed by atoms with Gasteiger partial charge < -0.3 is 10.1 Å². The lowest BCUT2D eigenvalue weighted by molar-refractivity contribution is 0.414. The number of hydrogen-bond acceptors (Lipinski definition) is 5. The standard InChI is InChI=1S/C16H21N3OS/c1-16(2,3)19-11-12-9-17-15(18-10-12)21-14-7-5-13(20-4)6-8-14/h5-10,19H,11H2,1-4H3. The van der Waals surface area contributed by atoms with Crippen LogP contribution in [-0.4, -0.2) is 22.6 Å². The Hall–Kier alpha value is -1.59. The zero-order valence-corrected chi connectivity index (χ0v) is 13.7. The Kier molecular flexibility index (Phi) is 5.20. The summed E-state index contributed by atoms with van der Waals surface area (Å²) < 4.78 is 5.14. The van der Waals surface area contributed by atoms with E-state index >= 15 is 0 Å². The number of methoxy groups -OCH3 is 1. The summed E-state index contributed by atoms with van der Waals surface area (Å²) in [5, 5.41) is 4.17. The highest BCUT2D eigenvalue weighted by Gasteiger charge is 2.09. The van der Waals surface area contributed by atoms with E-state index in [4.69, 9.17) is 4.74 Å². The molecule has 0 amide bonds. The molecule has 1 heterocycles. The summed E-state index contributed by atoms with van der Waals surface area (Å²) in [6.07, 6.45) is 3.75. The Labute approximate surface area is 130 Å². The van der Waals surface area contributed by atoms with Crippen LogP contribution < -0.4 is 10.1 Å². The quantitative estimate of drug-likeness (QED) is 0.856. The molecule has 1 N–H and O–H groups in total. The maximum Gasteiger partial charge on any atom is 0.192 e. The minimum absolute atomic E-state index is 0.0938. The molecule has 0 atom stereocenters. The fourth-order valence-electron chi connectivity index (χ4n) is 1.60. The highest BCUT2D eigenvalue weighted by Crippen LogP contribution is 2.26. The van der Waals surface area contributed by atoms with Crippen molar-refractivity contribution in [3.8, 4) is 5.75 Å². The largest absolute Gasteiger partial charge is 0.497 e. The smallest absolute Gasteiger partial charge is 0.192 e. The van der Waals surface area contributed by atoms with Gasteiger partial charge in [0.1, 0.15) is 5.75 Å². The van der Waals surface area contributed by atoms with Gasteiger partial charge in [0.2, 0.25) is 0 Å². The normalized spacial score (nSPS) is 11.4. The lowest BCUT2D eigenvalue weighted by atomic mass is 10.1. The molecule has 0 radical (unpaired) electrons. The fraction of sp³-hybridized carbons (Fsp3) is 0.375. The van der Waals surface area contributed by atoms with E-state index in [-0.39, 0.29) is 5.54 Å². The van der Waals surface area contributed by atoms with Crippen molar-refractivity contribution < 1.29 is 4.74 Å². The molecule has 0 saturated carbocycles. The van der Waals surface area contributed by atoms with Crippen LogP contribution in [-0.2, 0) is 6.54 Å². The van der Waals surface area contributed by atoms with Gasteiger partial charge in [0.25, 0.3) is 0 Å². The van der Waals surface area contributed by atoms with Crippen molar-refractivity contribution >= 4 is 11.8 Å². The summed E-state index contributed by atoms with van der Waals surface area (Å²) in [5.74, 6) is 0.851. The molecule has 112 valence electrons. The van der Waals surface area contributed by atoms with E-state index in [0.29, 0.717) is 0 Å². The summed E-state index contributed by atoms with van der Waals surface area (Å²) in [6.45, 7) is 7.20. The minimum Gasteiger partial charge on any atom is -0.497 e. The fourth-order valence-corrected chi connectivity index (χ4v) is 2.30. The van der Waals surface area contributed by atoms with Crippen LogP contribution in [0.4, 0.5) is 0 Å². The summed E-state index contributed by atoms with van der Waals surface area (Å²) in [5.41, 5.74) is 1.18. The molecule has 0 unspecified atom stereocenters. The predicted octanol–water partition coefficient (Wildman–Crippen LogP) is 3.52. The summed E-state index contributed by atoms with van der Waals surface area (Å²) in [7, 11) is 1.66. The molecule has 0 fully saturated rings. The highest BCUT2D eigenvalue weighted by molar-refractivity contribution is 7.99. The van der Waals surface area contributed by atoms with Gasteiger partial charge in [0, 0.05) is 34.9 Å². The number of benzene rings is 1. The number of hydrogen-bond donors (Lipinski definition) is 1. The zero-order valence-electron chi connectivity index (χ0n) is 12.9. The molecule has 0 saturated heterocycles. The molecule has 2 aromatic rings. The van der Waals surface area contributed by atoms with E-state index in [1.165, 1.54) is 0 Å². The molecule has 5 heteroatoms. The number of nitrogens with one attached hydrogen (secondary N) is 1. The third-order valence-electron chi connectivity index (χ3n) is 2.77. The molecule has 1 aromatic carbocycles. The van der Waals surface area contributed by atoms with Crippen molar-refractivity contribution in [2.45, 2.75) is 42.9 Å². The molecular weight excluding hydrogens is 282 g/mol. The lowest BCUT2D eigenvalue weighted by Crippen LogP contribution is -2.35. The Balaban J connectivity index is 1.95. The van der Waals surface area contributed by atoms with E-state index in [9.17, 15) is 0 Å². The van der Waals surface area contributed by atoms with E-state index in [1.807, 2.05) is 36.7 Å². The first-order valence-corrected chi connectivity index (χ1v) is 7.66. The Morgan fingerprint density at radius 3 is 2.24 bits per heavy atom. The number of aromatic nitrogens is 2. The van der Waals surface area contributed by atoms with Gasteiger partial charge in [0.15, 0.2) is 5.16 Å². The van der Waals surface area contributed by atoms with E-state index in [1.54, 1.807) is 18.9 Å². The van der Waals surface area contributed by atoms with Crippen molar-refractivity contribution in [3.63, 3.8) is 0 Å². The first-order chi connectivity index (χ1) is 9.96. The average Bonchev–Trinajstić information content (AvgIpc) is 2.46. The van der Waals surface area contributed by atoms with Gasteiger partial charge in [-0.3, -0.25) is 0 Å². The second-order valence-electron chi connectivity index (χ2n) is 5.76. The molecule has 1 aromatic heterocycles. The van der Waals surface area contributed by atoms with Crippen LogP contribution in [0.15, 0.2) is 46.7 Å². The van der Waals surface area contributed by atoms with Crippen LogP contribution in [0.3, 0.4) is 0 Å². The van der Waals surface area contributed by atoms with Crippen LogP contribution in [0.25, 0.3) is 0 Å². The van der Waals surface area contributed by atoms with Crippen molar-refractivity contribution in [3.05, 3.63) is 42.2 Å². The van der Waals surface area contributed by atoms with Crippen LogP contribution in [0.2, 0.25) is 0 Å². The molecule has 2 rings (SSSR count). The Bertz CT molecular complexity index is 562. The first-order valence-electron chi connectivity index (χ1n) is 6.84.